The Balaban J connectivity index is 2.48. The average molecular weight is 317 g/mol. The predicted octanol–water partition coefficient (Wildman–Crippen LogP) is 3.27. The van der Waals surface area contributed by atoms with Gasteiger partial charge in [0.1, 0.15) is 0 Å². The molecule has 0 heterocycles. The van der Waals surface area contributed by atoms with Gasteiger partial charge in [-0.1, -0.05) is 37.6 Å². The summed E-state index contributed by atoms with van der Waals surface area (Å²) >= 11 is 0. The Morgan fingerprint density at radius 3 is 2.22 bits per heavy atom. The van der Waals surface area contributed by atoms with Crippen LogP contribution in [-0.2, 0) is 9.59 Å². The summed E-state index contributed by atoms with van der Waals surface area (Å²) in [5.74, 6) is -0.265. The molecule has 0 saturated carbocycles. The van der Waals surface area contributed by atoms with Gasteiger partial charge >= 0.3 is 0 Å². The van der Waals surface area contributed by atoms with Crippen molar-refractivity contribution in [3.8, 4) is 0 Å². The summed E-state index contributed by atoms with van der Waals surface area (Å²) in [5.41, 5.74) is 9.75. The lowest BCUT2D eigenvalue weighted by molar-refractivity contribution is -0.122. The molecule has 0 aliphatic heterocycles. The van der Waals surface area contributed by atoms with Gasteiger partial charge in [0.25, 0.3) is 0 Å². The first-order valence-corrected chi connectivity index (χ1v) is 7.93. The Kier molecular flexibility index (Phi) is 7.32. The van der Waals surface area contributed by atoms with Crippen LogP contribution in [0.15, 0.2) is 24.4 Å². The molecule has 0 fully saturated rings. The van der Waals surface area contributed by atoms with Crippen molar-refractivity contribution < 1.29 is 9.59 Å². The maximum atomic E-state index is 12.1. The molecule has 2 amide bonds. The van der Waals surface area contributed by atoms with E-state index in [0.29, 0.717) is 12.1 Å². The van der Waals surface area contributed by atoms with Gasteiger partial charge in [-0.05, 0) is 38.3 Å². The number of hydrogen-bond acceptors (Lipinski definition) is 3. The van der Waals surface area contributed by atoms with Crippen molar-refractivity contribution in [1.29, 1.82) is 0 Å². The van der Waals surface area contributed by atoms with Crippen molar-refractivity contribution in [2.45, 2.75) is 53.4 Å². The van der Waals surface area contributed by atoms with Gasteiger partial charge < -0.3 is 10.7 Å². The van der Waals surface area contributed by atoms with Crippen LogP contribution in [0.25, 0.3) is 0 Å². The summed E-state index contributed by atoms with van der Waals surface area (Å²) in [7, 11) is 0. The lowest BCUT2D eigenvalue weighted by Crippen LogP contribution is -2.37. The molecule has 5 heteroatoms. The van der Waals surface area contributed by atoms with Gasteiger partial charge in [-0.2, -0.15) is 0 Å². The molecule has 0 aromatic heterocycles. The molecule has 126 valence electrons. The van der Waals surface area contributed by atoms with E-state index in [4.69, 9.17) is 0 Å². The van der Waals surface area contributed by atoms with Crippen LogP contribution in [0.5, 0.6) is 0 Å². The molecule has 0 saturated heterocycles. The van der Waals surface area contributed by atoms with Gasteiger partial charge in [-0.15, -0.1) is 0 Å². The minimum absolute atomic E-state index is 0.0980. The second kappa shape index (κ2) is 8.98. The third-order valence-electron chi connectivity index (χ3n) is 3.45. The average Bonchev–Trinajstić information content (AvgIpc) is 2.46. The molecule has 0 bridgehead atoms. The number of aryl methyl sites for hydroxylation is 3. The van der Waals surface area contributed by atoms with E-state index >= 15 is 0 Å². The summed E-state index contributed by atoms with van der Waals surface area (Å²) in [6.45, 7) is 11.8. The van der Waals surface area contributed by atoms with Gasteiger partial charge in [0.05, 0.1) is 6.42 Å². The molecule has 1 aromatic carbocycles. The maximum Gasteiger partial charge on any atom is 0.238 e. The van der Waals surface area contributed by atoms with Crippen LogP contribution < -0.4 is 16.2 Å². The van der Waals surface area contributed by atoms with Crippen molar-refractivity contribution in [1.82, 2.24) is 10.9 Å². The summed E-state index contributed by atoms with van der Waals surface area (Å²) in [6.07, 6.45) is 2.37. The van der Waals surface area contributed by atoms with E-state index in [0.717, 1.165) is 29.7 Å². The minimum Gasteiger partial charge on any atom is -0.325 e. The predicted molar refractivity (Wildman–Crippen MR) is 93.8 cm³/mol. The number of unbranched alkanes of at least 4 members (excludes halogenated alkanes) is 1. The normalized spacial score (nSPS) is 10.1. The van der Waals surface area contributed by atoms with Gasteiger partial charge in [-0.25, -0.2) is 0 Å². The van der Waals surface area contributed by atoms with Crippen molar-refractivity contribution in [2.24, 2.45) is 0 Å². The smallest absolute Gasteiger partial charge is 0.238 e. The number of carbonyl (C=O) groups excluding carboxylic acids is 2. The SMILES string of the molecule is C=C(CC(=O)Nc1c(C)cc(C)cc1C)NNC(=O)CCCC. The minimum atomic E-state index is -0.166. The second-order valence-electron chi connectivity index (χ2n) is 5.88. The van der Waals surface area contributed by atoms with Crippen molar-refractivity contribution in [3.63, 3.8) is 0 Å². The largest absolute Gasteiger partial charge is 0.325 e. The first kappa shape index (κ1) is 18.7. The number of carbonyl (C=O) groups is 2. The van der Waals surface area contributed by atoms with Gasteiger partial charge in [-0.3, -0.25) is 15.0 Å². The van der Waals surface area contributed by atoms with Crippen LogP contribution >= 0.6 is 0 Å². The number of amides is 2. The molecule has 0 unspecified atom stereocenters. The van der Waals surface area contributed by atoms with Gasteiger partial charge in [0.15, 0.2) is 0 Å². The Bertz CT molecular complexity index is 571. The molecule has 1 rings (SSSR count). The van der Waals surface area contributed by atoms with Gasteiger partial charge in [0, 0.05) is 17.8 Å². The highest BCUT2D eigenvalue weighted by Crippen LogP contribution is 2.22. The van der Waals surface area contributed by atoms with E-state index in [-0.39, 0.29) is 18.2 Å². The number of rotatable bonds is 8. The van der Waals surface area contributed by atoms with Crippen LogP contribution in [0.4, 0.5) is 5.69 Å². The maximum absolute atomic E-state index is 12.1. The molecule has 0 aliphatic rings. The number of hydrogen-bond donors (Lipinski definition) is 3. The summed E-state index contributed by atoms with van der Waals surface area (Å²) in [5, 5.41) is 2.91. The molecule has 3 N–H and O–H groups in total. The van der Waals surface area contributed by atoms with Crippen LogP contribution in [0.1, 0.15) is 49.3 Å². The topological polar surface area (TPSA) is 70.2 Å². The molecule has 23 heavy (non-hydrogen) atoms. The quantitative estimate of drug-likeness (QED) is 0.645. The molecule has 1 aromatic rings. The third-order valence-corrected chi connectivity index (χ3v) is 3.45. The first-order valence-electron chi connectivity index (χ1n) is 7.93. The molecule has 0 atom stereocenters. The Morgan fingerprint density at radius 1 is 1.04 bits per heavy atom. The van der Waals surface area contributed by atoms with Crippen molar-refractivity contribution in [3.05, 3.63) is 41.1 Å². The molecule has 0 radical (unpaired) electrons. The lowest BCUT2D eigenvalue weighted by Gasteiger charge is -2.14. The highest BCUT2D eigenvalue weighted by Gasteiger charge is 2.10. The molecular formula is C18H27N3O2. The summed E-state index contributed by atoms with van der Waals surface area (Å²) in [6, 6.07) is 4.06. The fourth-order valence-electron chi connectivity index (χ4n) is 2.36. The lowest BCUT2D eigenvalue weighted by atomic mass is 10.0. The zero-order valence-corrected chi connectivity index (χ0v) is 14.5. The number of anilines is 1. The molecular weight excluding hydrogens is 290 g/mol. The molecule has 0 spiro atoms. The standard InChI is InChI=1S/C18H27N3O2/c1-6-7-8-16(22)21-20-15(5)11-17(23)19-18-13(3)9-12(2)10-14(18)4/h9-10,20H,5-8,11H2,1-4H3,(H,19,23)(H,21,22). The van der Waals surface area contributed by atoms with Crippen LogP contribution in [0.2, 0.25) is 0 Å². The number of benzene rings is 1. The van der Waals surface area contributed by atoms with E-state index in [2.05, 4.69) is 22.7 Å². The zero-order chi connectivity index (χ0) is 17.4. The van der Waals surface area contributed by atoms with E-state index in [9.17, 15) is 9.59 Å². The number of nitrogens with one attached hydrogen (secondary N) is 3. The van der Waals surface area contributed by atoms with Crippen LogP contribution in [0.3, 0.4) is 0 Å². The third kappa shape index (κ3) is 6.55. The fourth-order valence-corrected chi connectivity index (χ4v) is 2.36. The van der Waals surface area contributed by atoms with E-state index in [1.165, 1.54) is 5.56 Å². The van der Waals surface area contributed by atoms with Crippen molar-refractivity contribution in [2.75, 3.05) is 5.32 Å². The summed E-state index contributed by atoms with van der Waals surface area (Å²) in [4.78, 5) is 23.6. The zero-order valence-electron chi connectivity index (χ0n) is 14.5. The van der Waals surface area contributed by atoms with Crippen molar-refractivity contribution >= 4 is 17.5 Å². The monoisotopic (exact) mass is 317 g/mol. The highest BCUT2D eigenvalue weighted by molar-refractivity contribution is 5.93. The number of hydrazine groups is 1. The second-order valence-corrected chi connectivity index (χ2v) is 5.88. The van der Waals surface area contributed by atoms with E-state index in [1.54, 1.807) is 0 Å². The van der Waals surface area contributed by atoms with E-state index < -0.39 is 0 Å². The van der Waals surface area contributed by atoms with Crippen LogP contribution in [-0.4, -0.2) is 11.8 Å². The fraction of sp³-hybridized carbons (Fsp3) is 0.444. The highest BCUT2D eigenvalue weighted by atomic mass is 16.2. The van der Waals surface area contributed by atoms with Crippen LogP contribution in [0, 0.1) is 20.8 Å². The van der Waals surface area contributed by atoms with Gasteiger partial charge in [0.2, 0.25) is 11.8 Å². The summed E-state index contributed by atoms with van der Waals surface area (Å²) < 4.78 is 0. The Morgan fingerprint density at radius 2 is 1.65 bits per heavy atom. The Labute approximate surface area is 138 Å². The first-order chi connectivity index (χ1) is 10.8. The Hall–Kier alpha value is -2.30. The molecule has 5 nitrogen and oxygen atoms in total. The molecule has 0 aliphatic carbocycles. The van der Waals surface area contributed by atoms with E-state index in [1.807, 2.05) is 39.8 Å².